The Labute approximate surface area is 297 Å². The fourth-order valence-electron chi connectivity index (χ4n) is 5.91. The molecule has 0 saturated heterocycles. The van der Waals surface area contributed by atoms with Gasteiger partial charge in [0.1, 0.15) is 40.5 Å². The number of nitrogens with zero attached hydrogens (tertiary/aromatic N) is 3. The molecule has 5 rings (SSSR count). The molecule has 1 aliphatic rings. The first kappa shape index (κ1) is 37.4. The van der Waals surface area contributed by atoms with E-state index in [0.29, 0.717) is 35.5 Å². The first-order valence-corrected chi connectivity index (χ1v) is 17.4. The highest BCUT2D eigenvalue weighted by Gasteiger charge is 2.37. The summed E-state index contributed by atoms with van der Waals surface area (Å²) in [6.45, 7) is -0.308. The van der Waals surface area contributed by atoms with Gasteiger partial charge >= 0.3 is 12.3 Å². The predicted molar refractivity (Wildman–Crippen MR) is 181 cm³/mol. The first-order valence-electron chi connectivity index (χ1n) is 15.6. The Morgan fingerprint density at radius 1 is 1.06 bits per heavy atom. The molecule has 1 aliphatic carbocycles. The van der Waals surface area contributed by atoms with Gasteiger partial charge in [-0.1, -0.05) is 29.8 Å². The molecule has 0 bridgehead atoms. The quantitative estimate of drug-likeness (QED) is 0.153. The van der Waals surface area contributed by atoms with Gasteiger partial charge in [0.2, 0.25) is 0 Å². The van der Waals surface area contributed by atoms with Gasteiger partial charge in [-0.3, -0.25) is 0 Å². The minimum Gasteiger partial charge on any atom is -0.497 e. The van der Waals surface area contributed by atoms with E-state index in [-0.39, 0.29) is 35.4 Å². The lowest BCUT2D eigenvalue weighted by molar-refractivity contribution is -0.137. The smallest absolute Gasteiger partial charge is 0.416 e. The van der Waals surface area contributed by atoms with Crippen LogP contribution in [0.25, 0.3) is 0 Å². The largest absolute Gasteiger partial charge is 0.497 e. The number of carbonyl (C=O) groups excluding carboxylic acids is 1. The van der Waals surface area contributed by atoms with Crippen LogP contribution in [0.15, 0.2) is 78.1 Å². The van der Waals surface area contributed by atoms with E-state index in [1.54, 1.807) is 24.3 Å². The molecule has 3 atom stereocenters. The van der Waals surface area contributed by atoms with Gasteiger partial charge in [-0.15, -0.1) is 0 Å². The topological polar surface area (TPSA) is 132 Å². The van der Waals surface area contributed by atoms with Crippen molar-refractivity contribution in [2.45, 2.75) is 54.9 Å². The Hall–Kier alpha value is -4.83. The molecule has 11 nitrogen and oxygen atoms in total. The van der Waals surface area contributed by atoms with Crippen LogP contribution in [0.1, 0.15) is 41.9 Å². The molecule has 4 aromatic rings. The number of benzene rings is 3. The summed E-state index contributed by atoms with van der Waals surface area (Å²) >= 11 is 6.59. The van der Waals surface area contributed by atoms with E-state index < -0.39 is 50.7 Å². The van der Waals surface area contributed by atoms with E-state index in [9.17, 15) is 26.4 Å². The summed E-state index contributed by atoms with van der Waals surface area (Å²) in [6, 6.07) is 12.4. The molecule has 0 unspecified atom stereocenters. The number of nitrogens with one attached hydrogen (secondary N) is 2. The Morgan fingerprint density at radius 3 is 2.51 bits per heavy atom. The highest BCUT2D eigenvalue weighted by molar-refractivity contribution is 7.92. The molecular formula is C34H34ClF4N5O6S. The van der Waals surface area contributed by atoms with E-state index in [0.717, 1.165) is 34.9 Å². The second kappa shape index (κ2) is 15.6. The molecule has 1 heterocycles. The molecular weight excluding hydrogens is 718 g/mol. The number of methoxy groups -OCH3 is 2. The molecule has 3 aromatic carbocycles. The number of halogens is 5. The molecule has 272 valence electrons. The SMILES string of the molecule is CNC(=O)O[C@H]1C[C@@H](c2cccc(C(F)(F)F)c2)CC[C@@H]1Nc1cc(F)c(S(=O)(=O)N(Cc2ccc(OC)cc2OC)c2ccncn2)cc1Cl. The Kier molecular flexibility index (Phi) is 11.4. The lowest BCUT2D eigenvalue weighted by Crippen LogP contribution is -2.43. The zero-order valence-electron chi connectivity index (χ0n) is 27.6. The Balaban J connectivity index is 1.43. The third kappa shape index (κ3) is 8.56. The van der Waals surface area contributed by atoms with Crippen LogP contribution in [-0.4, -0.2) is 57.9 Å². The Bertz CT molecular complexity index is 1970. The van der Waals surface area contributed by atoms with Crippen molar-refractivity contribution < 1.29 is 45.0 Å². The predicted octanol–water partition coefficient (Wildman–Crippen LogP) is 7.17. The number of amides is 1. The maximum atomic E-state index is 16.0. The van der Waals surface area contributed by atoms with Crippen molar-refractivity contribution in [2.75, 3.05) is 30.9 Å². The fraction of sp³-hybridized carbons (Fsp3) is 0.324. The maximum absolute atomic E-state index is 16.0. The molecule has 1 amide bonds. The van der Waals surface area contributed by atoms with E-state index in [2.05, 4.69) is 20.6 Å². The number of hydrogen-bond acceptors (Lipinski definition) is 9. The van der Waals surface area contributed by atoms with Gasteiger partial charge in [-0.05, 0) is 61.1 Å². The summed E-state index contributed by atoms with van der Waals surface area (Å²) in [5, 5.41) is 5.27. The lowest BCUT2D eigenvalue weighted by atomic mass is 9.79. The highest BCUT2D eigenvalue weighted by Crippen LogP contribution is 2.40. The maximum Gasteiger partial charge on any atom is 0.416 e. The van der Waals surface area contributed by atoms with E-state index >= 15 is 4.39 Å². The number of anilines is 2. The van der Waals surface area contributed by atoms with Crippen molar-refractivity contribution in [1.29, 1.82) is 0 Å². The van der Waals surface area contributed by atoms with Crippen LogP contribution in [0, 0.1) is 5.82 Å². The molecule has 51 heavy (non-hydrogen) atoms. The third-order valence-corrected chi connectivity index (χ3v) is 10.6. The van der Waals surface area contributed by atoms with Crippen LogP contribution in [-0.2, 0) is 27.5 Å². The fourth-order valence-corrected chi connectivity index (χ4v) is 7.66. The molecule has 2 N–H and O–H groups in total. The van der Waals surface area contributed by atoms with Gasteiger partial charge in [0.15, 0.2) is 0 Å². The van der Waals surface area contributed by atoms with Crippen molar-refractivity contribution in [3.8, 4) is 11.5 Å². The number of hydrogen-bond donors (Lipinski definition) is 2. The molecule has 1 fully saturated rings. The summed E-state index contributed by atoms with van der Waals surface area (Å²) in [4.78, 5) is 19.5. The van der Waals surface area contributed by atoms with Crippen molar-refractivity contribution in [3.05, 3.63) is 101 Å². The lowest BCUT2D eigenvalue weighted by Gasteiger charge is -2.37. The van der Waals surface area contributed by atoms with Gasteiger partial charge in [0.25, 0.3) is 10.0 Å². The molecule has 1 aromatic heterocycles. The van der Waals surface area contributed by atoms with Crippen LogP contribution in [0.2, 0.25) is 5.02 Å². The monoisotopic (exact) mass is 751 g/mol. The zero-order chi connectivity index (χ0) is 36.9. The van der Waals surface area contributed by atoms with Crippen LogP contribution in [0.4, 0.5) is 33.9 Å². The molecule has 17 heteroatoms. The molecule has 0 radical (unpaired) electrons. The number of rotatable bonds is 11. The summed E-state index contributed by atoms with van der Waals surface area (Å²) < 4.78 is 102. The first-order chi connectivity index (χ1) is 24.2. The van der Waals surface area contributed by atoms with Crippen LogP contribution < -0.4 is 24.4 Å². The number of alkyl carbamates (subject to hydrolysis) is 1. The summed E-state index contributed by atoms with van der Waals surface area (Å²) in [6.07, 6.45) is -2.82. The van der Waals surface area contributed by atoms with Crippen molar-refractivity contribution in [3.63, 3.8) is 0 Å². The minimum absolute atomic E-state index is 0.0200. The van der Waals surface area contributed by atoms with Crippen LogP contribution in [0.5, 0.6) is 11.5 Å². The average molecular weight is 752 g/mol. The second-order valence-electron chi connectivity index (χ2n) is 11.6. The number of carbonyl (C=O) groups is 1. The van der Waals surface area contributed by atoms with Crippen LogP contribution in [0.3, 0.4) is 0 Å². The number of sulfonamides is 1. The van der Waals surface area contributed by atoms with E-state index in [1.807, 2.05) is 0 Å². The zero-order valence-corrected chi connectivity index (χ0v) is 29.2. The number of ether oxygens (including phenoxy) is 3. The van der Waals surface area contributed by atoms with E-state index in [1.165, 1.54) is 39.6 Å². The normalized spacial score (nSPS) is 17.7. The summed E-state index contributed by atoms with van der Waals surface area (Å²) in [5.41, 5.74) is 0.0929. The standard InChI is InChI=1S/C34H34ClF4N5O6S/c1-40-33(45)50-30-14-21(20-5-4-6-23(13-20)34(37,38)39)8-10-27(30)43-28-17-26(36)31(16-25(28)35)51(46,47)44(32-11-12-41-19-42-32)18-22-7-9-24(48-2)15-29(22)49-3/h4-7,9,11-13,15-17,19,21,27,30,43H,8,10,14,18H2,1-3H3,(H,40,45)/t21-,27-,30-/m0/s1. The molecule has 0 aliphatic heterocycles. The van der Waals surface area contributed by atoms with Gasteiger partial charge in [0.05, 0.1) is 43.1 Å². The van der Waals surface area contributed by atoms with Gasteiger partial charge in [0, 0.05) is 30.9 Å². The summed E-state index contributed by atoms with van der Waals surface area (Å²) in [5.74, 6) is -0.772. The highest BCUT2D eigenvalue weighted by atomic mass is 35.5. The van der Waals surface area contributed by atoms with Crippen molar-refractivity contribution >= 4 is 39.2 Å². The average Bonchev–Trinajstić information content (AvgIpc) is 3.12. The third-order valence-electron chi connectivity index (χ3n) is 8.50. The van der Waals surface area contributed by atoms with Crippen LogP contribution >= 0.6 is 11.6 Å². The summed E-state index contributed by atoms with van der Waals surface area (Å²) in [7, 11) is -0.425. The molecule has 1 saturated carbocycles. The Morgan fingerprint density at radius 2 is 1.84 bits per heavy atom. The van der Waals surface area contributed by atoms with E-state index in [4.69, 9.17) is 25.8 Å². The van der Waals surface area contributed by atoms with Crippen molar-refractivity contribution in [1.82, 2.24) is 15.3 Å². The van der Waals surface area contributed by atoms with Gasteiger partial charge in [-0.25, -0.2) is 31.9 Å². The van der Waals surface area contributed by atoms with Gasteiger partial charge < -0.3 is 24.8 Å². The van der Waals surface area contributed by atoms with Crippen molar-refractivity contribution in [2.24, 2.45) is 0 Å². The second-order valence-corrected chi connectivity index (χ2v) is 13.8. The minimum atomic E-state index is -4.67. The van der Waals surface area contributed by atoms with Gasteiger partial charge in [-0.2, -0.15) is 13.2 Å². The molecule has 0 spiro atoms. The number of alkyl halides is 3. The number of aromatic nitrogens is 2.